The van der Waals surface area contributed by atoms with Crippen molar-refractivity contribution in [3.05, 3.63) is 0 Å². The maximum Gasteiger partial charge on any atom is 0.319 e. The third kappa shape index (κ3) is 2.64. The van der Waals surface area contributed by atoms with Crippen LogP contribution in [0.3, 0.4) is 0 Å². The Labute approximate surface area is 97.8 Å². The minimum atomic E-state index is -4.16. The summed E-state index contributed by atoms with van der Waals surface area (Å²) in [5.41, 5.74) is 0. The molecule has 0 radical (unpaired) electrons. The van der Waals surface area contributed by atoms with Crippen LogP contribution in [0.4, 0.5) is 0 Å². The second-order valence-corrected chi connectivity index (χ2v) is 5.65. The van der Waals surface area contributed by atoms with Gasteiger partial charge >= 0.3 is 5.97 Å². The quantitative estimate of drug-likeness (QED) is 0.401. The van der Waals surface area contributed by atoms with Crippen molar-refractivity contribution in [3.8, 4) is 0 Å². The third-order valence-corrected chi connectivity index (χ3v) is 3.57. The monoisotopic (exact) mass is 264 g/mol. The largest absolute Gasteiger partial charge is 0.464 e. The van der Waals surface area contributed by atoms with E-state index in [9.17, 15) is 18.0 Å². The van der Waals surface area contributed by atoms with Crippen molar-refractivity contribution in [1.82, 2.24) is 0 Å². The van der Waals surface area contributed by atoms with E-state index < -0.39 is 46.6 Å². The molecule has 0 spiro atoms. The van der Waals surface area contributed by atoms with Gasteiger partial charge in [0, 0.05) is 0 Å². The highest BCUT2D eigenvalue weighted by molar-refractivity contribution is 7.85. The Hall–Kier alpha value is -0.990. The van der Waals surface area contributed by atoms with Gasteiger partial charge in [0.1, 0.15) is 24.4 Å². The average Bonchev–Trinajstić information content (AvgIpc) is 2.75. The van der Waals surface area contributed by atoms with Crippen LogP contribution in [0.15, 0.2) is 0 Å². The van der Waals surface area contributed by atoms with Gasteiger partial charge in [-0.15, -0.1) is 0 Å². The molecule has 2 saturated heterocycles. The topological polar surface area (TPSA) is 107 Å². The summed E-state index contributed by atoms with van der Waals surface area (Å²) in [6.45, 7) is -0.459. The number of hydrogen-bond donors (Lipinski definition) is 1. The number of carbonyl (C=O) groups is 2. The molecule has 2 bridgehead atoms. The first kappa shape index (κ1) is 12.5. The number of carbonyl (C=O) groups excluding carboxylic acids is 2. The number of ether oxygens (including phenoxy) is 2. The van der Waals surface area contributed by atoms with E-state index in [1.807, 2.05) is 0 Å². The maximum absolute atomic E-state index is 11.6. The zero-order chi connectivity index (χ0) is 12.6. The Balaban J connectivity index is 1.87. The maximum atomic E-state index is 11.6. The van der Waals surface area contributed by atoms with Crippen LogP contribution in [0.5, 0.6) is 0 Å². The molecule has 0 aliphatic carbocycles. The van der Waals surface area contributed by atoms with Gasteiger partial charge in [-0.3, -0.25) is 14.1 Å². The minimum absolute atomic E-state index is 0.293. The molecule has 0 aromatic carbocycles. The van der Waals surface area contributed by atoms with Crippen molar-refractivity contribution in [1.29, 1.82) is 0 Å². The van der Waals surface area contributed by atoms with Crippen molar-refractivity contribution in [2.24, 2.45) is 5.92 Å². The summed E-state index contributed by atoms with van der Waals surface area (Å²) in [5.74, 6) is -2.67. The molecule has 7 nitrogen and oxygen atoms in total. The van der Waals surface area contributed by atoms with E-state index in [2.05, 4.69) is 4.74 Å². The summed E-state index contributed by atoms with van der Waals surface area (Å²) in [4.78, 5) is 23.1. The normalized spacial score (nSPS) is 31.8. The molecule has 2 fully saturated rings. The molecule has 3 unspecified atom stereocenters. The van der Waals surface area contributed by atoms with Crippen LogP contribution in [0.2, 0.25) is 0 Å². The van der Waals surface area contributed by atoms with Crippen molar-refractivity contribution < 1.29 is 32.0 Å². The Bertz CT molecular complexity index is 440. The molecule has 0 amide bonds. The van der Waals surface area contributed by atoms with Gasteiger partial charge in [-0.05, 0) is 12.8 Å². The van der Waals surface area contributed by atoms with Gasteiger partial charge in [-0.25, -0.2) is 0 Å². The van der Waals surface area contributed by atoms with Crippen molar-refractivity contribution >= 4 is 21.9 Å². The Morgan fingerprint density at radius 2 is 2.18 bits per heavy atom. The second kappa shape index (κ2) is 4.35. The smallest absolute Gasteiger partial charge is 0.319 e. The fourth-order valence-electron chi connectivity index (χ4n) is 2.11. The number of rotatable bonds is 4. The lowest BCUT2D eigenvalue weighted by atomic mass is 9.88. The molecule has 2 heterocycles. The molecule has 0 aromatic heterocycles. The van der Waals surface area contributed by atoms with Crippen LogP contribution in [-0.4, -0.2) is 49.3 Å². The number of Topliss-reactive ketones (excluding diaryl/α,β-unsaturated/α-hetero) is 1. The number of esters is 1. The molecule has 3 atom stereocenters. The Kier molecular flexibility index (Phi) is 3.19. The van der Waals surface area contributed by atoms with Crippen molar-refractivity contribution in [2.75, 3.05) is 12.4 Å². The summed E-state index contributed by atoms with van der Waals surface area (Å²) < 4.78 is 39.1. The summed E-state index contributed by atoms with van der Waals surface area (Å²) in [6.07, 6.45) is 0.303. The van der Waals surface area contributed by atoms with Crippen molar-refractivity contribution in [2.45, 2.75) is 25.0 Å². The first-order chi connectivity index (χ1) is 7.88. The Morgan fingerprint density at radius 1 is 1.47 bits per heavy atom. The number of fused-ring (bicyclic) bond motifs is 2. The average molecular weight is 264 g/mol. The highest BCUT2D eigenvalue weighted by Gasteiger charge is 2.52. The predicted molar refractivity (Wildman–Crippen MR) is 53.8 cm³/mol. The molecule has 1 N–H and O–H groups in total. The first-order valence-corrected chi connectivity index (χ1v) is 6.80. The molecule has 2 aliphatic heterocycles. The van der Waals surface area contributed by atoms with Crippen molar-refractivity contribution in [3.63, 3.8) is 0 Å². The number of ketones is 1. The lowest BCUT2D eigenvalue weighted by Gasteiger charge is -2.15. The molecule has 2 aliphatic rings. The molecule has 2 rings (SSSR count). The predicted octanol–water partition coefficient (Wildman–Crippen LogP) is -0.836. The Morgan fingerprint density at radius 3 is 2.71 bits per heavy atom. The van der Waals surface area contributed by atoms with E-state index in [1.165, 1.54) is 0 Å². The summed E-state index contributed by atoms with van der Waals surface area (Å²) in [5, 5.41) is 0. The van der Waals surface area contributed by atoms with Gasteiger partial charge in [0.2, 0.25) is 0 Å². The summed E-state index contributed by atoms with van der Waals surface area (Å²) in [6, 6.07) is 0. The van der Waals surface area contributed by atoms with Crippen LogP contribution >= 0.6 is 0 Å². The van der Waals surface area contributed by atoms with E-state index in [1.54, 1.807) is 0 Å². The SMILES string of the molecule is O=C(OCCS(=O)(=O)O)C1C(=O)C2CCC1O2. The molecule has 17 heavy (non-hydrogen) atoms. The lowest BCUT2D eigenvalue weighted by Crippen LogP contribution is -2.35. The minimum Gasteiger partial charge on any atom is -0.464 e. The second-order valence-electron chi connectivity index (χ2n) is 4.07. The van der Waals surface area contributed by atoms with Crippen LogP contribution < -0.4 is 0 Å². The van der Waals surface area contributed by atoms with Crippen LogP contribution in [0.1, 0.15) is 12.8 Å². The van der Waals surface area contributed by atoms with Gasteiger partial charge in [-0.2, -0.15) is 8.42 Å². The highest BCUT2D eigenvalue weighted by Crippen LogP contribution is 2.36. The zero-order valence-electron chi connectivity index (χ0n) is 8.87. The van der Waals surface area contributed by atoms with E-state index in [0.29, 0.717) is 12.8 Å². The van der Waals surface area contributed by atoms with E-state index in [4.69, 9.17) is 9.29 Å². The first-order valence-electron chi connectivity index (χ1n) is 5.19. The molecule has 8 heteroatoms. The molecule has 96 valence electrons. The van der Waals surface area contributed by atoms with Crippen LogP contribution in [-0.2, 0) is 29.2 Å². The molecular weight excluding hydrogens is 252 g/mol. The zero-order valence-corrected chi connectivity index (χ0v) is 9.68. The van der Waals surface area contributed by atoms with Crippen LogP contribution in [0, 0.1) is 5.92 Å². The van der Waals surface area contributed by atoms with E-state index >= 15 is 0 Å². The third-order valence-electron chi connectivity index (χ3n) is 2.89. The number of hydrogen-bond acceptors (Lipinski definition) is 6. The summed E-state index contributed by atoms with van der Waals surface area (Å²) >= 11 is 0. The van der Waals surface area contributed by atoms with Gasteiger partial charge in [-0.1, -0.05) is 0 Å². The standard InChI is InChI=1S/C9H12O7S/c10-8-6-2-1-5(16-6)7(8)9(11)15-3-4-17(12,13)14/h5-7H,1-4H2,(H,12,13,14). The summed E-state index contributed by atoms with van der Waals surface area (Å²) in [7, 11) is -4.16. The lowest BCUT2D eigenvalue weighted by molar-refractivity contribution is -0.152. The fraction of sp³-hybridized carbons (Fsp3) is 0.778. The molecule has 0 aromatic rings. The fourth-order valence-corrected chi connectivity index (χ4v) is 2.40. The van der Waals surface area contributed by atoms with Gasteiger partial charge in [0.05, 0.1) is 6.10 Å². The van der Waals surface area contributed by atoms with Gasteiger partial charge in [0.15, 0.2) is 5.78 Å². The van der Waals surface area contributed by atoms with E-state index in [-0.39, 0.29) is 5.78 Å². The van der Waals surface area contributed by atoms with Gasteiger partial charge < -0.3 is 9.47 Å². The van der Waals surface area contributed by atoms with Crippen LogP contribution in [0.25, 0.3) is 0 Å². The molecule has 0 saturated carbocycles. The highest BCUT2D eigenvalue weighted by atomic mass is 32.2. The molecular formula is C9H12O7S. The van der Waals surface area contributed by atoms with Gasteiger partial charge in [0.25, 0.3) is 10.1 Å². The van der Waals surface area contributed by atoms with E-state index in [0.717, 1.165) is 0 Å².